The number of nitrogens with zero attached hydrogens (tertiary/aromatic N) is 8. The Bertz CT molecular complexity index is 1550. The van der Waals surface area contributed by atoms with Gasteiger partial charge in [0.05, 0.1) is 28.4 Å². The lowest BCUT2D eigenvalue weighted by Crippen LogP contribution is -2.43. The number of H-pyrrole nitrogens is 1. The van der Waals surface area contributed by atoms with Gasteiger partial charge in [0.25, 0.3) is 11.7 Å². The number of rotatable bonds is 7. The number of para-hydroxylation sites is 1. The summed E-state index contributed by atoms with van der Waals surface area (Å²) in [5, 5.41) is 10.7. The van der Waals surface area contributed by atoms with E-state index in [-0.39, 0.29) is 27.7 Å². The highest BCUT2D eigenvalue weighted by Gasteiger charge is 2.47. The largest absolute Gasteiger partial charge is 0.357 e. The number of aromatic amines is 1. The van der Waals surface area contributed by atoms with E-state index in [0.717, 1.165) is 23.3 Å². The van der Waals surface area contributed by atoms with E-state index in [2.05, 4.69) is 38.6 Å². The van der Waals surface area contributed by atoms with Crippen LogP contribution in [0.15, 0.2) is 70.3 Å². The number of halogens is 1. The molecule has 1 amide bonds. The van der Waals surface area contributed by atoms with E-state index in [1.165, 1.54) is 23.5 Å². The molecule has 2 aromatic heterocycles. The van der Waals surface area contributed by atoms with Crippen LogP contribution in [0.2, 0.25) is 0 Å². The van der Waals surface area contributed by atoms with Crippen molar-refractivity contribution in [3.05, 3.63) is 66.5 Å². The molecule has 2 fully saturated rings. The zero-order chi connectivity index (χ0) is 29.1. The number of fused-ring (bicyclic) bond motifs is 1. The molecular weight excluding hydrogens is 529 g/mol. The van der Waals surface area contributed by atoms with Gasteiger partial charge in [0.2, 0.25) is 5.96 Å². The summed E-state index contributed by atoms with van der Waals surface area (Å²) >= 11 is 0. The molecule has 212 valence electrons. The van der Waals surface area contributed by atoms with Crippen molar-refractivity contribution in [2.24, 2.45) is 32.3 Å². The molecule has 1 atom stereocenters. The van der Waals surface area contributed by atoms with Gasteiger partial charge < -0.3 is 20.6 Å². The Labute approximate surface area is 235 Å². The minimum absolute atomic E-state index is 0.0635. The van der Waals surface area contributed by atoms with Gasteiger partial charge in [-0.1, -0.05) is 18.2 Å². The summed E-state index contributed by atoms with van der Waals surface area (Å²) in [5.41, 5.74) is 0.585. The second kappa shape index (κ2) is 11.2. The minimum Gasteiger partial charge on any atom is -0.357 e. The molecule has 2 aliphatic rings. The standard InChI is InChI=1S/C27H30FN11O2/c1-31-10-13-38(30)24-22-21(20(28)15-34-24)19(14-33-22)23(40)25(41)36-11-8-27(16-36)9-12-37(17-27)26(35-29)39(32-2)18-6-4-3-5-7-18/h3-7,10,13-15,33H,1-2,8-9,11-12,16-17,29-30H2/b13-10-,35-26-. The number of nitrogens with two attached hydrogens (primary N) is 2. The zero-order valence-corrected chi connectivity index (χ0v) is 22.3. The molecule has 5 rings (SSSR count). The van der Waals surface area contributed by atoms with Gasteiger partial charge in [-0.05, 0) is 31.7 Å². The van der Waals surface area contributed by atoms with Crippen LogP contribution in [0.3, 0.4) is 0 Å². The van der Waals surface area contributed by atoms with Gasteiger partial charge in [-0.2, -0.15) is 10.1 Å². The molecule has 0 radical (unpaired) electrons. The number of anilines is 2. The van der Waals surface area contributed by atoms with Crippen LogP contribution in [-0.2, 0) is 4.79 Å². The monoisotopic (exact) mass is 559 g/mol. The van der Waals surface area contributed by atoms with Crippen LogP contribution in [0.25, 0.3) is 10.9 Å². The average Bonchev–Trinajstić information content (AvgIpc) is 3.74. The Morgan fingerprint density at radius 3 is 2.54 bits per heavy atom. The molecule has 3 aromatic rings. The summed E-state index contributed by atoms with van der Waals surface area (Å²) in [4.78, 5) is 40.7. The molecule has 4 heterocycles. The lowest BCUT2D eigenvalue weighted by Gasteiger charge is -2.29. The van der Waals surface area contributed by atoms with E-state index in [1.807, 2.05) is 35.2 Å². The predicted octanol–water partition coefficient (Wildman–Crippen LogP) is 2.01. The molecule has 5 N–H and O–H groups in total. The van der Waals surface area contributed by atoms with E-state index >= 15 is 0 Å². The number of hydrazine groups is 1. The number of ketones is 1. The number of benzene rings is 1. The molecule has 1 spiro atoms. The first-order valence-corrected chi connectivity index (χ1v) is 12.8. The quantitative estimate of drug-likeness (QED) is 0.0988. The van der Waals surface area contributed by atoms with Crippen molar-refractivity contribution >= 4 is 53.5 Å². The Kier molecular flexibility index (Phi) is 7.48. The van der Waals surface area contributed by atoms with Crippen LogP contribution < -0.4 is 21.7 Å². The van der Waals surface area contributed by atoms with Crippen LogP contribution in [0, 0.1) is 11.2 Å². The third-order valence-corrected chi connectivity index (χ3v) is 7.55. The van der Waals surface area contributed by atoms with Crippen LogP contribution >= 0.6 is 0 Å². The number of aromatic nitrogens is 2. The number of hydrogen-bond donors (Lipinski definition) is 3. The predicted molar refractivity (Wildman–Crippen MR) is 156 cm³/mol. The molecule has 13 nitrogen and oxygen atoms in total. The van der Waals surface area contributed by atoms with Gasteiger partial charge in [-0.15, -0.1) is 5.10 Å². The van der Waals surface area contributed by atoms with Crippen molar-refractivity contribution in [1.82, 2.24) is 19.8 Å². The highest BCUT2D eigenvalue weighted by Crippen LogP contribution is 2.40. The van der Waals surface area contributed by atoms with E-state index in [4.69, 9.17) is 11.7 Å². The molecular formula is C27H30FN11O2. The smallest absolute Gasteiger partial charge is 0.295 e. The van der Waals surface area contributed by atoms with E-state index in [9.17, 15) is 14.0 Å². The molecule has 0 saturated carbocycles. The number of aliphatic imine (C=N–C) groups is 1. The summed E-state index contributed by atoms with van der Waals surface area (Å²) in [7, 11) is 0. The Hall–Kier alpha value is -5.11. The molecule has 0 bridgehead atoms. The fourth-order valence-corrected chi connectivity index (χ4v) is 5.57. The molecule has 1 aromatic carbocycles. The van der Waals surface area contributed by atoms with E-state index in [0.29, 0.717) is 38.6 Å². The topological polar surface area (TPSA) is 165 Å². The number of hydrogen-bond acceptors (Lipinski definition) is 9. The van der Waals surface area contributed by atoms with Crippen LogP contribution in [0.4, 0.5) is 15.9 Å². The fourth-order valence-electron chi connectivity index (χ4n) is 5.57. The summed E-state index contributed by atoms with van der Waals surface area (Å²) in [6.45, 7) is 8.97. The van der Waals surface area contributed by atoms with Gasteiger partial charge in [-0.3, -0.25) is 19.6 Å². The fraction of sp³-hybridized carbons (Fsp3) is 0.259. The van der Waals surface area contributed by atoms with Crippen LogP contribution in [-0.4, -0.2) is 77.0 Å². The summed E-state index contributed by atoms with van der Waals surface area (Å²) in [6, 6.07) is 9.41. The lowest BCUT2D eigenvalue weighted by atomic mass is 9.86. The maximum atomic E-state index is 14.9. The maximum Gasteiger partial charge on any atom is 0.295 e. The Morgan fingerprint density at radius 2 is 1.85 bits per heavy atom. The highest BCUT2D eigenvalue weighted by atomic mass is 19.1. The molecule has 0 aliphatic carbocycles. The summed E-state index contributed by atoms with van der Waals surface area (Å²) in [5.74, 6) is 10.1. The number of likely N-dealkylation sites (tertiary alicyclic amines) is 2. The van der Waals surface area contributed by atoms with Crippen LogP contribution in [0.1, 0.15) is 23.2 Å². The summed E-state index contributed by atoms with van der Waals surface area (Å²) in [6.07, 6.45) is 6.41. The first-order valence-electron chi connectivity index (χ1n) is 12.8. The molecule has 14 heteroatoms. The number of amides is 1. The van der Waals surface area contributed by atoms with Gasteiger partial charge in [0, 0.05) is 56.9 Å². The number of carbonyl (C=O) groups excluding carboxylic acids is 2. The SMILES string of the molecule is C=N/C=C\N(N)c1ncc(F)c2c(C(=O)C(=O)N3CCC4(CCN(/C(=N/N)N(N=C)c5ccccc5)C4)C3)c[nH]c12. The zero-order valence-electron chi connectivity index (χ0n) is 22.3. The van der Waals surface area contributed by atoms with Crippen molar-refractivity contribution in [3.63, 3.8) is 0 Å². The van der Waals surface area contributed by atoms with Gasteiger partial charge in [0.1, 0.15) is 0 Å². The number of pyridine rings is 1. The summed E-state index contributed by atoms with van der Waals surface area (Å²) < 4.78 is 14.9. The second-order valence-corrected chi connectivity index (χ2v) is 9.97. The lowest BCUT2D eigenvalue weighted by molar-refractivity contribution is -0.125. The molecule has 2 aliphatic heterocycles. The van der Waals surface area contributed by atoms with E-state index < -0.39 is 17.5 Å². The van der Waals surface area contributed by atoms with Crippen molar-refractivity contribution in [2.45, 2.75) is 12.8 Å². The number of hydrazone groups is 2. The average molecular weight is 560 g/mol. The normalized spacial score (nSPS) is 18.9. The number of nitrogens with one attached hydrogen (secondary N) is 1. The number of Topliss-reactive ketones (excluding diaryl/α,β-unsaturated/α-hetero) is 1. The first-order chi connectivity index (χ1) is 19.8. The molecule has 2 saturated heterocycles. The Balaban J connectivity index is 1.32. The third-order valence-electron chi connectivity index (χ3n) is 7.55. The maximum absolute atomic E-state index is 14.9. The van der Waals surface area contributed by atoms with Crippen molar-refractivity contribution < 1.29 is 14.0 Å². The minimum atomic E-state index is -0.818. The Morgan fingerprint density at radius 1 is 1.15 bits per heavy atom. The van der Waals surface area contributed by atoms with Gasteiger partial charge in [-0.25, -0.2) is 15.2 Å². The number of carbonyl (C=O) groups is 2. The first kappa shape index (κ1) is 27.5. The molecule has 41 heavy (non-hydrogen) atoms. The van der Waals surface area contributed by atoms with E-state index in [1.54, 1.807) is 5.01 Å². The number of guanidine groups is 1. The second-order valence-electron chi connectivity index (χ2n) is 9.97. The van der Waals surface area contributed by atoms with Crippen LogP contribution in [0.5, 0.6) is 0 Å². The van der Waals surface area contributed by atoms with Gasteiger partial charge >= 0.3 is 0 Å². The van der Waals surface area contributed by atoms with Gasteiger partial charge in [0.15, 0.2) is 11.6 Å². The van der Waals surface area contributed by atoms with Crippen molar-refractivity contribution in [2.75, 3.05) is 36.2 Å². The van der Waals surface area contributed by atoms with Crippen molar-refractivity contribution in [1.29, 1.82) is 0 Å². The van der Waals surface area contributed by atoms with Crippen molar-refractivity contribution in [3.8, 4) is 0 Å². The third kappa shape index (κ3) is 5.00. The highest BCUT2D eigenvalue weighted by molar-refractivity contribution is 6.45. The molecule has 1 unspecified atom stereocenters.